The molecule has 1 aromatic carbocycles. The highest BCUT2D eigenvalue weighted by atomic mass is 32.1. The van der Waals surface area contributed by atoms with E-state index < -0.39 is 0 Å². The van der Waals surface area contributed by atoms with Gasteiger partial charge >= 0.3 is 0 Å². The third-order valence-electron chi connectivity index (χ3n) is 3.50. The molecule has 0 atom stereocenters. The zero-order chi connectivity index (χ0) is 16.9. The van der Waals surface area contributed by atoms with Crippen LogP contribution in [0.3, 0.4) is 0 Å². The topological polar surface area (TPSA) is 60.7 Å². The first-order valence-electron chi connectivity index (χ1n) is 7.34. The Morgan fingerprint density at radius 1 is 1.17 bits per heavy atom. The van der Waals surface area contributed by atoms with Gasteiger partial charge in [0.15, 0.2) is 0 Å². The number of carbonyl (C=O) groups excluding carboxylic acids is 1. The Kier molecular flexibility index (Phi) is 4.86. The van der Waals surface area contributed by atoms with E-state index >= 15 is 0 Å². The molecule has 0 aliphatic rings. The van der Waals surface area contributed by atoms with Crippen LogP contribution >= 0.6 is 11.3 Å². The molecular weight excluding hydrogens is 326 g/mol. The lowest BCUT2D eigenvalue weighted by Crippen LogP contribution is -2.23. The first-order chi connectivity index (χ1) is 11.7. The summed E-state index contributed by atoms with van der Waals surface area (Å²) in [5, 5.41) is 4.83. The van der Waals surface area contributed by atoms with Crippen molar-refractivity contribution >= 4 is 17.2 Å². The van der Waals surface area contributed by atoms with E-state index in [1.165, 1.54) is 7.11 Å². The monoisotopic (exact) mass is 343 g/mol. The fourth-order valence-corrected chi connectivity index (χ4v) is 2.96. The molecule has 2 heterocycles. The third kappa shape index (κ3) is 3.44. The molecule has 124 valence electrons. The SMILES string of the molecule is COc1ccc(C(=O)NCc2ccc(-c3cccs3)o2)c(OC)c1. The van der Waals surface area contributed by atoms with Gasteiger partial charge < -0.3 is 19.2 Å². The van der Waals surface area contributed by atoms with Crippen molar-refractivity contribution in [1.82, 2.24) is 5.32 Å². The van der Waals surface area contributed by atoms with Crippen molar-refractivity contribution in [3.8, 4) is 22.1 Å². The summed E-state index contributed by atoms with van der Waals surface area (Å²) in [5.41, 5.74) is 0.448. The fraction of sp³-hybridized carbons (Fsp3) is 0.167. The summed E-state index contributed by atoms with van der Waals surface area (Å²) in [7, 11) is 3.09. The van der Waals surface area contributed by atoms with Crippen LogP contribution in [-0.2, 0) is 6.54 Å². The predicted octanol–water partition coefficient (Wildman–Crippen LogP) is 3.96. The molecule has 0 bridgehead atoms. The van der Waals surface area contributed by atoms with E-state index in [-0.39, 0.29) is 5.91 Å². The van der Waals surface area contributed by atoms with Crippen LogP contribution in [0.2, 0.25) is 0 Å². The van der Waals surface area contributed by atoms with E-state index in [0.717, 1.165) is 10.6 Å². The van der Waals surface area contributed by atoms with Crippen molar-refractivity contribution in [2.24, 2.45) is 0 Å². The molecular formula is C18H17NO4S. The highest BCUT2D eigenvalue weighted by Gasteiger charge is 2.14. The lowest BCUT2D eigenvalue weighted by Gasteiger charge is -2.10. The smallest absolute Gasteiger partial charge is 0.255 e. The van der Waals surface area contributed by atoms with E-state index in [0.29, 0.717) is 29.4 Å². The van der Waals surface area contributed by atoms with Gasteiger partial charge in [0, 0.05) is 6.07 Å². The van der Waals surface area contributed by atoms with Gasteiger partial charge in [0.05, 0.1) is 31.2 Å². The van der Waals surface area contributed by atoms with Crippen molar-refractivity contribution in [3.63, 3.8) is 0 Å². The van der Waals surface area contributed by atoms with Crippen molar-refractivity contribution < 1.29 is 18.7 Å². The highest BCUT2D eigenvalue weighted by molar-refractivity contribution is 7.13. The number of rotatable bonds is 6. The number of hydrogen-bond acceptors (Lipinski definition) is 5. The minimum absolute atomic E-state index is 0.233. The summed E-state index contributed by atoms with van der Waals surface area (Å²) in [6.07, 6.45) is 0. The lowest BCUT2D eigenvalue weighted by atomic mass is 10.1. The first kappa shape index (κ1) is 16.1. The number of nitrogens with one attached hydrogen (secondary N) is 1. The predicted molar refractivity (Wildman–Crippen MR) is 92.7 cm³/mol. The molecule has 24 heavy (non-hydrogen) atoms. The maximum Gasteiger partial charge on any atom is 0.255 e. The molecule has 0 radical (unpaired) electrons. The van der Waals surface area contributed by atoms with E-state index in [4.69, 9.17) is 13.9 Å². The van der Waals surface area contributed by atoms with Gasteiger partial charge in [-0.2, -0.15) is 0 Å². The zero-order valence-electron chi connectivity index (χ0n) is 13.4. The average molecular weight is 343 g/mol. The number of hydrogen-bond donors (Lipinski definition) is 1. The Balaban J connectivity index is 1.67. The number of methoxy groups -OCH3 is 2. The summed E-state index contributed by atoms with van der Waals surface area (Å²) in [6, 6.07) is 12.8. The molecule has 1 N–H and O–H groups in total. The van der Waals surface area contributed by atoms with Gasteiger partial charge in [-0.15, -0.1) is 11.3 Å². The zero-order valence-corrected chi connectivity index (χ0v) is 14.2. The van der Waals surface area contributed by atoms with Crippen LogP contribution in [0.25, 0.3) is 10.6 Å². The highest BCUT2D eigenvalue weighted by Crippen LogP contribution is 2.27. The maximum atomic E-state index is 12.4. The van der Waals surface area contributed by atoms with E-state index in [2.05, 4.69) is 5.32 Å². The first-order valence-corrected chi connectivity index (χ1v) is 8.22. The van der Waals surface area contributed by atoms with Crippen LogP contribution in [-0.4, -0.2) is 20.1 Å². The van der Waals surface area contributed by atoms with Crippen LogP contribution in [0.4, 0.5) is 0 Å². The van der Waals surface area contributed by atoms with Gasteiger partial charge in [0.25, 0.3) is 5.91 Å². The van der Waals surface area contributed by atoms with Gasteiger partial charge in [-0.1, -0.05) is 6.07 Å². The van der Waals surface area contributed by atoms with Crippen LogP contribution in [0.15, 0.2) is 52.3 Å². The standard InChI is InChI=1S/C18H17NO4S/c1-21-12-5-7-14(16(10-12)22-2)18(20)19-11-13-6-8-15(23-13)17-4-3-9-24-17/h3-10H,11H2,1-2H3,(H,19,20). The minimum atomic E-state index is -0.233. The van der Waals surface area contributed by atoms with Gasteiger partial charge in [-0.25, -0.2) is 0 Å². The Bertz CT molecular complexity index is 823. The second kappa shape index (κ2) is 7.23. The second-order valence-corrected chi connectivity index (χ2v) is 5.94. The number of ether oxygens (including phenoxy) is 2. The van der Waals surface area contributed by atoms with Crippen LogP contribution in [0.5, 0.6) is 11.5 Å². The summed E-state index contributed by atoms with van der Waals surface area (Å²) in [6.45, 7) is 0.305. The molecule has 0 spiro atoms. The van der Waals surface area contributed by atoms with Crippen molar-refractivity contribution in [3.05, 3.63) is 59.2 Å². The van der Waals surface area contributed by atoms with Crippen molar-refractivity contribution in [2.45, 2.75) is 6.54 Å². The van der Waals surface area contributed by atoms with Crippen LogP contribution in [0, 0.1) is 0 Å². The quantitative estimate of drug-likeness (QED) is 0.736. The molecule has 6 heteroatoms. The fourth-order valence-electron chi connectivity index (χ4n) is 2.27. The number of amides is 1. The number of benzene rings is 1. The Hall–Kier alpha value is -2.73. The molecule has 0 aliphatic carbocycles. The van der Waals surface area contributed by atoms with Gasteiger partial charge in [0.1, 0.15) is 23.0 Å². The van der Waals surface area contributed by atoms with Crippen LogP contribution < -0.4 is 14.8 Å². The van der Waals surface area contributed by atoms with E-state index in [1.807, 2.05) is 29.6 Å². The number of furan rings is 1. The minimum Gasteiger partial charge on any atom is -0.497 e. The molecule has 1 amide bonds. The Morgan fingerprint density at radius 3 is 2.75 bits per heavy atom. The summed E-state index contributed by atoms with van der Waals surface area (Å²) < 4.78 is 16.1. The molecule has 0 saturated heterocycles. The largest absolute Gasteiger partial charge is 0.497 e. The van der Waals surface area contributed by atoms with E-state index in [9.17, 15) is 4.79 Å². The summed E-state index contributed by atoms with van der Waals surface area (Å²) >= 11 is 1.61. The van der Waals surface area contributed by atoms with E-state index in [1.54, 1.807) is 36.6 Å². The van der Waals surface area contributed by atoms with Crippen LogP contribution in [0.1, 0.15) is 16.1 Å². The number of thiophene rings is 1. The van der Waals surface area contributed by atoms with Gasteiger partial charge in [-0.3, -0.25) is 4.79 Å². The Labute approximate surface area is 143 Å². The molecule has 3 rings (SSSR count). The van der Waals surface area contributed by atoms with Crippen molar-refractivity contribution in [1.29, 1.82) is 0 Å². The normalized spacial score (nSPS) is 10.4. The molecule has 0 fully saturated rings. The molecule has 0 unspecified atom stereocenters. The second-order valence-electron chi connectivity index (χ2n) is 4.99. The molecule has 0 aliphatic heterocycles. The molecule has 0 saturated carbocycles. The summed E-state index contributed by atoms with van der Waals surface area (Å²) in [5.74, 6) is 2.36. The van der Waals surface area contributed by atoms with Gasteiger partial charge in [0.2, 0.25) is 0 Å². The lowest BCUT2D eigenvalue weighted by molar-refractivity contribution is 0.0945. The summed E-state index contributed by atoms with van der Waals surface area (Å²) in [4.78, 5) is 13.4. The molecule has 3 aromatic rings. The van der Waals surface area contributed by atoms with Gasteiger partial charge in [-0.05, 0) is 35.7 Å². The maximum absolute atomic E-state index is 12.4. The number of carbonyl (C=O) groups is 1. The van der Waals surface area contributed by atoms with Crippen molar-refractivity contribution in [2.75, 3.05) is 14.2 Å². The Morgan fingerprint density at radius 2 is 2.04 bits per heavy atom. The average Bonchev–Trinajstić information content (AvgIpc) is 3.30. The molecule has 2 aromatic heterocycles. The molecule has 5 nitrogen and oxygen atoms in total. The third-order valence-corrected chi connectivity index (χ3v) is 4.39.